The van der Waals surface area contributed by atoms with Crippen LogP contribution in [0.4, 0.5) is 0 Å². The first-order valence-electron chi connectivity index (χ1n) is 3.53. The molecule has 0 aliphatic carbocycles. The first kappa shape index (κ1) is 9.43. The molecule has 0 heterocycles. The van der Waals surface area contributed by atoms with Crippen LogP contribution in [0.2, 0.25) is 0 Å². The van der Waals surface area contributed by atoms with Gasteiger partial charge in [-0.05, 0) is 6.42 Å². The second kappa shape index (κ2) is 6.55. The Hall–Kier alpha value is -0.570. The van der Waals surface area contributed by atoms with Crippen molar-refractivity contribution < 1.29 is 10.0 Å². The Morgan fingerprint density at radius 3 is 2.60 bits per heavy atom. The molecule has 1 amide bonds. The number of hydrogen-bond donors (Lipinski definition) is 2. The summed E-state index contributed by atoms with van der Waals surface area (Å²) in [5, 5.41) is 8.08. The van der Waals surface area contributed by atoms with Gasteiger partial charge in [0.15, 0.2) is 0 Å². The van der Waals surface area contributed by atoms with Crippen molar-refractivity contribution >= 4 is 5.91 Å². The zero-order valence-electron chi connectivity index (χ0n) is 6.10. The van der Waals surface area contributed by atoms with Gasteiger partial charge in [0.05, 0.1) is 0 Å². The minimum Gasteiger partial charge on any atom is -0.289 e. The molecule has 0 aromatic heterocycles. The molecule has 3 heteroatoms. The molecular formula is C7H14NO2. The summed E-state index contributed by atoms with van der Waals surface area (Å²) in [5.74, 6) is -0.302. The van der Waals surface area contributed by atoms with Crippen LogP contribution < -0.4 is 5.48 Å². The van der Waals surface area contributed by atoms with Crippen molar-refractivity contribution in [1.82, 2.24) is 5.48 Å². The molecule has 59 valence electrons. The summed E-state index contributed by atoms with van der Waals surface area (Å²) >= 11 is 0. The number of hydrogen-bond acceptors (Lipinski definition) is 2. The van der Waals surface area contributed by atoms with E-state index in [9.17, 15) is 4.79 Å². The molecule has 1 radical (unpaired) electrons. The topological polar surface area (TPSA) is 49.3 Å². The van der Waals surface area contributed by atoms with Crippen LogP contribution >= 0.6 is 0 Å². The zero-order chi connectivity index (χ0) is 7.82. The van der Waals surface area contributed by atoms with E-state index in [0.29, 0.717) is 6.42 Å². The van der Waals surface area contributed by atoms with Crippen LogP contribution in [0.3, 0.4) is 0 Å². The van der Waals surface area contributed by atoms with Crippen LogP contribution in [0.5, 0.6) is 0 Å². The summed E-state index contributed by atoms with van der Waals surface area (Å²) in [7, 11) is 0. The Kier molecular flexibility index (Phi) is 6.18. The predicted octanol–water partition coefficient (Wildman–Crippen LogP) is 1.28. The molecule has 0 fully saturated rings. The molecule has 0 spiro atoms. The van der Waals surface area contributed by atoms with Gasteiger partial charge in [0.2, 0.25) is 5.91 Å². The Morgan fingerprint density at radius 1 is 1.40 bits per heavy atom. The van der Waals surface area contributed by atoms with Gasteiger partial charge in [0, 0.05) is 6.42 Å². The molecular weight excluding hydrogens is 130 g/mol. The zero-order valence-corrected chi connectivity index (χ0v) is 6.10. The smallest absolute Gasteiger partial charge is 0.243 e. The lowest BCUT2D eigenvalue weighted by atomic mass is 10.1. The SMILES string of the molecule is [CH2]CCCCCC(=O)NO. The molecule has 2 N–H and O–H groups in total. The summed E-state index contributed by atoms with van der Waals surface area (Å²) in [5.41, 5.74) is 1.59. The normalized spacial score (nSPS) is 9.40. The summed E-state index contributed by atoms with van der Waals surface area (Å²) in [6.45, 7) is 3.67. The summed E-state index contributed by atoms with van der Waals surface area (Å²) in [4.78, 5) is 10.4. The first-order chi connectivity index (χ1) is 4.81. The van der Waals surface area contributed by atoms with Crippen molar-refractivity contribution in [1.29, 1.82) is 0 Å². The molecule has 3 nitrogen and oxygen atoms in total. The van der Waals surface area contributed by atoms with Crippen LogP contribution in [-0.4, -0.2) is 11.1 Å². The van der Waals surface area contributed by atoms with E-state index in [2.05, 4.69) is 6.92 Å². The second-order valence-electron chi connectivity index (χ2n) is 2.20. The highest BCUT2D eigenvalue weighted by atomic mass is 16.5. The van der Waals surface area contributed by atoms with Crippen molar-refractivity contribution in [2.45, 2.75) is 32.1 Å². The largest absolute Gasteiger partial charge is 0.289 e. The summed E-state index contributed by atoms with van der Waals surface area (Å²) in [6.07, 6.45) is 4.23. The third-order valence-corrected chi connectivity index (χ3v) is 1.28. The monoisotopic (exact) mass is 144 g/mol. The number of rotatable bonds is 5. The van der Waals surface area contributed by atoms with Gasteiger partial charge in [-0.3, -0.25) is 10.0 Å². The molecule has 0 saturated heterocycles. The number of carbonyl (C=O) groups is 1. The lowest BCUT2D eigenvalue weighted by Gasteiger charge is -1.96. The van der Waals surface area contributed by atoms with Crippen LogP contribution in [0.1, 0.15) is 32.1 Å². The van der Waals surface area contributed by atoms with Crippen LogP contribution in [0, 0.1) is 6.92 Å². The number of nitrogens with one attached hydrogen (secondary N) is 1. The van der Waals surface area contributed by atoms with Gasteiger partial charge >= 0.3 is 0 Å². The van der Waals surface area contributed by atoms with E-state index < -0.39 is 0 Å². The minimum atomic E-state index is -0.302. The third-order valence-electron chi connectivity index (χ3n) is 1.28. The number of hydroxylamine groups is 1. The van der Waals surface area contributed by atoms with E-state index in [0.717, 1.165) is 25.7 Å². The van der Waals surface area contributed by atoms with Gasteiger partial charge in [-0.1, -0.05) is 26.2 Å². The molecule has 0 unspecified atom stereocenters. The van der Waals surface area contributed by atoms with E-state index in [1.165, 1.54) is 0 Å². The maximum atomic E-state index is 10.4. The number of unbranched alkanes of at least 4 members (excludes halogenated alkanes) is 3. The quantitative estimate of drug-likeness (QED) is 0.347. The molecule has 0 aromatic rings. The van der Waals surface area contributed by atoms with E-state index in [1.54, 1.807) is 5.48 Å². The lowest BCUT2D eigenvalue weighted by Crippen LogP contribution is -2.17. The van der Waals surface area contributed by atoms with Crippen molar-refractivity contribution in [2.75, 3.05) is 0 Å². The Balaban J connectivity index is 2.96. The highest BCUT2D eigenvalue weighted by molar-refractivity contribution is 5.74. The van der Waals surface area contributed by atoms with Crippen LogP contribution in [0.15, 0.2) is 0 Å². The average Bonchev–Trinajstić information content (AvgIpc) is 1.98. The molecule has 0 atom stereocenters. The van der Waals surface area contributed by atoms with E-state index in [-0.39, 0.29) is 5.91 Å². The average molecular weight is 144 g/mol. The third kappa shape index (κ3) is 5.56. The fourth-order valence-corrected chi connectivity index (χ4v) is 0.695. The fourth-order valence-electron chi connectivity index (χ4n) is 0.695. The predicted molar refractivity (Wildman–Crippen MR) is 38.4 cm³/mol. The van der Waals surface area contributed by atoms with E-state index in [1.807, 2.05) is 0 Å². The van der Waals surface area contributed by atoms with Gasteiger partial charge in [0.25, 0.3) is 0 Å². The van der Waals surface area contributed by atoms with Gasteiger partial charge in [-0.2, -0.15) is 0 Å². The fraction of sp³-hybridized carbons (Fsp3) is 0.714. The van der Waals surface area contributed by atoms with Gasteiger partial charge < -0.3 is 0 Å². The molecule has 0 aromatic carbocycles. The molecule has 0 aliphatic heterocycles. The Bertz CT molecular complexity index is 93.6. The van der Waals surface area contributed by atoms with Gasteiger partial charge in [0.1, 0.15) is 0 Å². The summed E-state index contributed by atoms with van der Waals surface area (Å²) in [6, 6.07) is 0. The lowest BCUT2D eigenvalue weighted by molar-refractivity contribution is -0.129. The minimum absolute atomic E-state index is 0.302. The molecule has 0 rings (SSSR count). The molecule has 10 heavy (non-hydrogen) atoms. The van der Waals surface area contributed by atoms with E-state index in [4.69, 9.17) is 5.21 Å². The van der Waals surface area contributed by atoms with Crippen molar-refractivity contribution in [2.24, 2.45) is 0 Å². The summed E-state index contributed by atoms with van der Waals surface area (Å²) < 4.78 is 0. The number of amides is 1. The number of carbonyl (C=O) groups excluding carboxylic acids is 1. The first-order valence-corrected chi connectivity index (χ1v) is 3.53. The molecule has 0 aliphatic rings. The molecule has 0 bridgehead atoms. The van der Waals surface area contributed by atoms with Crippen molar-refractivity contribution in [3.8, 4) is 0 Å². The molecule has 0 saturated carbocycles. The van der Waals surface area contributed by atoms with Gasteiger partial charge in [-0.25, -0.2) is 5.48 Å². The second-order valence-corrected chi connectivity index (χ2v) is 2.20. The maximum absolute atomic E-state index is 10.4. The highest BCUT2D eigenvalue weighted by Crippen LogP contribution is 2.01. The maximum Gasteiger partial charge on any atom is 0.243 e. The van der Waals surface area contributed by atoms with Crippen LogP contribution in [-0.2, 0) is 4.79 Å². The van der Waals surface area contributed by atoms with Crippen molar-refractivity contribution in [3.63, 3.8) is 0 Å². The highest BCUT2D eigenvalue weighted by Gasteiger charge is 1.96. The van der Waals surface area contributed by atoms with Gasteiger partial charge in [-0.15, -0.1) is 0 Å². The van der Waals surface area contributed by atoms with Crippen molar-refractivity contribution in [3.05, 3.63) is 6.92 Å². The standard InChI is InChI=1S/C7H14NO2/c1-2-3-4-5-6-7(9)8-10/h10H,1-6H2,(H,8,9). The Labute approximate surface area is 61.4 Å². The van der Waals surface area contributed by atoms with E-state index >= 15 is 0 Å². The Morgan fingerprint density at radius 2 is 2.10 bits per heavy atom. The van der Waals surface area contributed by atoms with Crippen LogP contribution in [0.25, 0.3) is 0 Å².